The Labute approximate surface area is 138 Å². The third-order valence-corrected chi connectivity index (χ3v) is 2.33. The van der Waals surface area contributed by atoms with E-state index < -0.39 is 48.4 Å². The van der Waals surface area contributed by atoms with E-state index in [1.54, 1.807) is 0 Å². The molecule has 0 bridgehead atoms. The summed E-state index contributed by atoms with van der Waals surface area (Å²) in [5, 5.41) is 42.1. The van der Waals surface area contributed by atoms with Crippen molar-refractivity contribution in [3.05, 3.63) is 0 Å². The number of aliphatic carboxylic acids is 4. The highest BCUT2D eigenvalue weighted by atomic mass is 35.5. The van der Waals surface area contributed by atoms with E-state index in [1.807, 2.05) is 13.8 Å². The molecule has 0 aromatic rings. The molecule has 10 nitrogen and oxygen atoms in total. The molecule has 0 rings (SSSR count). The summed E-state index contributed by atoms with van der Waals surface area (Å²) in [4.78, 5) is 40.6. The molecule has 0 unspecified atom stereocenters. The fourth-order valence-corrected chi connectivity index (χ4v) is 1.32. The van der Waals surface area contributed by atoms with Crippen molar-refractivity contribution in [3.8, 4) is 0 Å². The number of carboxylic acid groups (broad SMARTS) is 4. The maximum absolute atomic E-state index is 10.3. The van der Waals surface area contributed by atoms with E-state index in [4.69, 9.17) is 31.3 Å². The van der Waals surface area contributed by atoms with Gasteiger partial charge in [0.2, 0.25) is 0 Å². The molecule has 0 fully saturated rings. The largest absolute Gasteiger partial charge is 0.481 e. The lowest BCUT2D eigenvalue weighted by Gasteiger charge is -2.18. The van der Waals surface area contributed by atoms with Crippen LogP contribution >= 0.6 is 12.4 Å². The second kappa shape index (κ2) is 11.6. The van der Waals surface area contributed by atoms with Crippen molar-refractivity contribution < 1.29 is 44.7 Å². The summed E-state index contributed by atoms with van der Waals surface area (Å²) in [7, 11) is 0. The van der Waals surface area contributed by atoms with E-state index in [9.17, 15) is 19.2 Å². The molecule has 0 amide bonds. The van der Waals surface area contributed by atoms with Crippen molar-refractivity contribution >= 4 is 36.3 Å². The molecular weight excluding hydrogens is 338 g/mol. The van der Waals surface area contributed by atoms with Gasteiger partial charge in [-0.05, 0) is 12.3 Å². The van der Waals surface area contributed by atoms with Crippen molar-refractivity contribution in [3.63, 3.8) is 0 Å². The second-order valence-corrected chi connectivity index (χ2v) is 5.05. The third kappa shape index (κ3) is 13.5. The molecule has 0 saturated heterocycles. The van der Waals surface area contributed by atoms with Gasteiger partial charge in [-0.3, -0.25) is 14.4 Å². The van der Waals surface area contributed by atoms with Crippen LogP contribution in [0.1, 0.15) is 33.1 Å². The van der Waals surface area contributed by atoms with Crippen LogP contribution in [0.25, 0.3) is 0 Å². The number of carboxylic acids is 4. The van der Waals surface area contributed by atoms with Gasteiger partial charge >= 0.3 is 23.9 Å². The predicted octanol–water partition coefficient (Wildman–Crippen LogP) is -0.382. The lowest BCUT2D eigenvalue weighted by molar-refractivity contribution is -0.170. The van der Waals surface area contributed by atoms with E-state index in [-0.39, 0.29) is 12.4 Å². The molecule has 0 heterocycles. The molecule has 0 aliphatic rings. The van der Waals surface area contributed by atoms with Gasteiger partial charge in [0, 0.05) is 0 Å². The molecule has 0 aliphatic carbocycles. The summed E-state index contributed by atoms with van der Waals surface area (Å²) in [6.45, 7) is 3.89. The third-order valence-electron chi connectivity index (χ3n) is 2.33. The van der Waals surface area contributed by atoms with Gasteiger partial charge in [0.1, 0.15) is 6.04 Å². The van der Waals surface area contributed by atoms with Crippen molar-refractivity contribution in [2.24, 2.45) is 11.7 Å². The maximum atomic E-state index is 10.3. The molecule has 0 aliphatic heterocycles. The Hall–Kier alpha value is -1.91. The number of rotatable bonds is 8. The van der Waals surface area contributed by atoms with Crippen LogP contribution in [-0.2, 0) is 19.2 Å². The zero-order valence-corrected chi connectivity index (χ0v) is 13.4. The van der Waals surface area contributed by atoms with Gasteiger partial charge in [-0.1, -0.05) is 13.8 Å². The van der Waals surface area contributed by atoms with E-state index in [2.05, 4.69) is 0 Å². The molecule has 7 N–H and O–H groups in total. The van der Waals surface area contributed by atoms with Crippen LogP contribution in [-0.4, -0.2) is 61.1 Å². The molecule has 136 valence electrons. The highest BCUT2D eigenvalue weighted by Crippen LogP contribution is 2.15. The summed E-state index contributed by atoms with van der Waals surface area (Å²) >= 11 is 0. The van der Waals surface area contributed by atoms with Crippen LogP contribution in [0.3, 0.4) is 0 Å². The van der Waals surface area contributed by atoms with Gasteiger partial charge in [-0.2, -0.15) is 0 Å². The van der Waals surface area contributed by atoms with Gasteiger partial charge in [-0.15, -0.1) is 12.4 Å². The average molecular weight is 360 g/mol. The first kappa shape index (κ1) is 26.0. The van der Waals surface area contributed by atoms with Crippen LogP contribution in [0.5, 0.6) is 0 Å². The normalized spacial score (nSPS) is 11.5. The van der Waals surface area contributed by atoms with E-state index >= 15 is 0 Å². The van der Waals surface area contributed by atoms with Crippen molar-refractivity contribution in [1.29, 1.82) is 0 Å². The van der Waals surface area contributed by atoms with Gasteiger partial charge in [0.25, 0.3) is 0 Å². The predicted molar refractivity (Wildman–Crippen MR) is 79.4 cm³/mol. The van der Waals surface area contributed by atoms with Crippen LogP contribution in [0, 0.1) is 5.92 Å². The summed E-state index contributed by atoms with van der Waals surface area (Å²) < 4.78 is 0. The molecule has 1 atom stereocenters. The van der Waals surface area contributed by atoms with E-state index in [0.29, 0.717) is 12.3 Å². The number of hydrogen-bond acceptors (Lipinski definition) is 6. The Morgan fingerprint density at radius 3 is 1.43 bits per heavy atom. The molecule has 23 heavy (non-hydrogen) atoms. The minimum Gasteiger partial charge on any atom is -0.481 e. The monoisotopic (exact) mass is 359 g/mol. The topological polar surface area (TPSA) is 195 Å². The first-order valence-corrected chi connectivity index (χ1v) is 6.19. The molecule has 0 radical (unpaired) electrons. The number of carbonyl (C=O) groups is 4. The molecule has 11 heteroatoms. The van der Waals surface area contributed by atoms with Crippen molar-refractivity contribution in [2.75, 3.05) is 0 Å². The fraction of sp³-hybridized carbons (Fsp3) is 0.667. The second-order valence-electron chi connectivity index (χ2n) is 5.05. The van der Waals surface area contributed by atoms with Crippen LogP contribution in [0.4, 0.5) is 0 Å². The summed E-state index contributed by atoms with van der Waals surface area (Å²) in [6.07, 6.45) is -1.74. The average Bonchev–Trinajstić information content (AvgIpc) is 2.25. The van der Waals surface area contributed by atoms with Crippen LogP contribution in [0.15, 0.2) is 0 Å². The molecule has 0 spiro atoms. The van der Waals surface area contributed by atoms with Gasteiger partial charge in [0.15, 0.2) is 5.60 Å². The SMILES string of the molecule is CC(C)C[C@H](N)C(=O)O.Cl.O=C(O)CC(O)(CC(=O)O)C(=O)O. The fourth-order valence-electron chi connectivity index (χ4n) is 1.32. The van der Waals surface area contributed by atoms with E-state index in [0.717, 1.165) is 0 Å². The zero-order chi connectivity index (χ0) is 18.1. The first-order valence-electron chi connectivity index (χ1n) is 6.19. The van der Waals surface area contributed by atoms with Gasteiger partial charge < -0.3 is 31.3 Å². The number of halogens is 1. The number of aliphatic hydroxyl groups is 1. The Morgan fingerprint density at radius 2 is 1.30 bits per heavy atom. The molecular formula is C12H22ClNO9. The number of nitrogens with two attached hydrogens (primary N) is 1. The summed E-state index contributed by atoms with van der Waals surface area (Å²) in [5.74, 6) is -5.57. The highest BCUT2D eigenvalue weighted by Gasteiger charge is 2.40. The minimum absolute atomic E-state index is 0. The molecule has 0 saturated carbocycles. The quantitative estimate of drug-likeness (QED) is 0.332. The van der Waals surface area contributed by atoms with Gasteiger partial charge in [-0.25, -0.2) is 4.79 Å². The van der Waals surface area contributed by atoms with Crippen molar-refractivity contribution in [2.45, 2.75) is 44.8 Å². The lowest BCUT2D eigenvalue weighted by Crippen LogP contribution is -2.42. The van der Waals surface area contributed by atoms with E-state index in [1.165, 1.54) is 0 Å². The Kier molecular flexibility index (Phi) is 13.2. The molecule has 0 aromatic carbocycles. The van der Waals surface area contributed by atoms with Crippen molar-refractivity contribution in [1.82, 2.24) is 0 Å². The minimum atomic E-state index is -2.74. The van der Waals surface area contributed by atoms with Crippen LogP contribution < -0.4 is 5.73 Å². The van der Waals surface area contributed by atoms with Crippen LogP contribution in [0.2, 0.25) is 0 Å². The number of hydrogen-bond donors (Lipinski definition) is 6. The zero-order valence-electron chi connectivity index (χ0n) is 12.6. The summed E-state index contributed by atoms with van der Waals surface area (Å²) in [5.41, 5.74) is 2.48. The lowest BCUT2D eigenvalue weighted by atomic mass is 9.96. The molecule has 0 aromatic heterocycles. The Morgan fingerprint density at radius 1 is 0.957 bits per heavy atom. The maximum Gasteiger partial charge on any atom is 0.336 e. The highest BCUT2D eigenvalue weighted by molar-refractivity contribution is 5.88. The standard InChI is InChI=1S/C6H13NO2.C6H8O7.ClH/c1-4(2)3-5(7)6(8)9;7-3(8)1-6(13,5(11)12)2-4(9)10;/h4-5H,3,7H2,1-2H3,(H,8,9);13H,1-2H2,(H,7,8)(H,9,10)(H,11,12);1H/t5-;;/m0../s1. The Bertz CT molecular complexity index is 409. The Balaban J connectivity index is -0.000000354. The first-order chi connectivity index (χ1) is 9.81. The summed E-state index contributed by atoms with van der Waals surface area (Å²) in [6, 6.07) is -0.690. The van der Waals surface area contributed by atoms with Gasteiger partial charge in [0.05, 0.1) is 12.8 Å². The smallest absolute Gasteiger partial charge is 0.336 e.